The van der Waals surface area contributed by atoms with Crippen molar-refractivity contribution >= 4 is 0 Å². The van der Waals surface area contributed by atoms with E-state index in [-0.39, 0.29) is 5.83 Å². The highest BCUT2D eigenvalue weighted by Gasteiger charge is 1.92. The molecule has 0 nitrogen and oxygen atoms in total. The predicted molar refractivity (Wildman–Crippen MR) is 36.7 cm³/mol. The van der Waals surface area contributed by atoms with E-state index in [1.807, 2.05) is 19.1 Å². The second kappa shape index (κ2) is 2.62. The molecule has 1 aliphatic carbocycles. The van der Waals surface area contributed by atoms with E-state index in [0.717, 1.165) is 5.57 Å². The van der Waals surface area contributed by atoms with E-state index >= 15 is 0 Å². The molecule has 0 unspecified atom stereocenters. The van der Waals surface area contributed by atoms with Crippen LogP contribution in [0.5, 0.6) is 0 Å². The van der Waals surface area contributed by atoms with Crippen LogP contribution >= 0.6 is 0 Å². The maximum Gasteiger partial charge on any atom is 0.104 e. The third-order valence-electron chi connectivity index (χ3n) is 1.22. The summed E-state index contributed by atoms with van der Waals surface area (Å²) in [6, 6.07) is 0. The summed E-state index contributed by atoms with van der Waals surface area (Å²) in [5, 5.41) is 0. The summed E-state index contributed by atoms with van der Waals surface area (Å²) in [5.74, 6) is -0.0666. The largest absolute Gasteiger partial charge is 0.211 e. The molecule has 1 rings (SSSR count). The van der Waals surface area contributed by atoms with Gasteiger partial charge in [0, 0.05) is 6.42 Å². The van der Waals surface area contributed by atoms with E-state index < -0.39 is 0 Å². The maximum absolute atomic E-state index is 12.4. The maximum atomic E-state index is 12.4. The summed E-state index contributed by atoms with van der Waals surface area (Å²) in [6.07, 6.45) is 7.47. The molecule has 0 saturated carbocycles. The summed E-state index contributed by atoms with van der Waals surface area (Å²) in [4.78, 5) is 0. The highest BCUT2D eigenvalue weighted by Crippen LogP contribution is 2.10. The molecule has 9 heavy (non-hydrogen) atoms. The molecule has 0 aromatic heterocycles. The molecule has 0 aromatic rings. The molecule has 0 aliphatic heterocycles. The van der Waals surface area contributed by atoms with Gasteiger partial charge >= 0.3 is 0 Å². The van der Waals surface area contributed by atoms with Crippen molar-refractivity contribution in [3.05, 3.63) is 35.7 Å². The SMILES string of the molecule is CC1=CC=C(F)CC=C1. The van der Waals surface area contributed by atoms with E-state index in [0.29, 0.717) is 6.42 Å². The van der Waals surface area contributed by atoms with Crippen molar-refractivity contribution < 1.29 is 4.39 Å². The van der Waals surface area contributed by atoms with Gasteiger partial charge in [-0.2, -0.15) is 0 Å². The quantitative estimate of drug-likeness (QED) is 0.465. The molecule has 0 N–H and O–H groups in total. The topological polar surface area (TPSA) is 0 Å². The van der Waals surface area contributed by atoms with Gasteiger partial charge in [-0.3, -0.25) is 0 Å². The zero-order valence-corrected chi connectivity index (χ0v) is 5.39. The molecule has 0 saturated heterocycles. The van der Waals surface area contributed by atoms with E-state index in [2.05, 4.69) is 0 Å². The second-order valence-corrected chi connectivity index (χ2v) is 2.13. The zero-order chi connectivity index (χ0) is 6.69. The Morgan fingerprint density at radius 1 is 1.44 bits per heavy atom. The highest BCUT2D eigenvalue weighted by molar-refractivity contribution is 5.26. The van der Waals surface area contributed by atoms with Crippen LogP contribution in [-0.2, 0) is 0 Å². The van der Waals surface area contributed by atoms with E-state index in [4.69, 9.17) is 0 Å². The lowest BCUT2D eigenvalue weighted by Gasteiger charge is -1.81. The van der Waals surface area contributed by atoms with Gasteiger partial charge in [0.05, 0.1) is 0 Å². The smallest absolute Gasteiger partial charge is 0.104 e. The fraction of sp³-hybridized carbons (Fsp3) is 0.250. The molecule has 0 fully saturated rings. The minimum atomic E-state index is -0.0666. The molecule has 0 spiro atoms. The molecule has 0 amide bonds. The molecule has 1 heteroatoms. The Bertz CT molecular complexity index is 185. The van der Waals surface area contributed by atoms with Crippen molar-refractivity contribution in [3.63, 3.8) is 0 Å². The van der Waals surface area contributed by atoms with Gasteiger partial charge in [-0.1, -0.05) is 23.8 Å². The van der Waals surface area contributed by atoms with Crippen molar-refractivity contribution in [2.45, 2.75) is 13.3 Å². The Balaban J connectivity index is 2.80. The molecule has 48 valence electrons. The van der Waals surface area contributed by atoms with E-state index in [9.17, 15) is 4.39 Å². The molecule has 0 bridgehead atoms. The van der Waals surface area contributed by atoms with E-state index in [1.54, 1.807) is 6.08 Å². The minimum Gasteiger partial charge on any atom is -0.211 e. The average molecular weight is 124 g/mol. The van der Waals surface area contributed by atoms with Crippen LogP contribution in [0.15, 0.2) is 35.7 Å². The minimum absolute atomic E-state index is 0.0666. The van der Waals surface area contributed by atoms with Crippen LogP contribution in [0.3, 0.4) is 0 Å². The Morgan fingerprint density at radius 2 is 2.22 bits per heavy atom. The number of hydrogen-bond donors (Lipinski definition) is 0. The van der Waals surface area contributed by atoms with Gasteiger partial charge in [0.25, 0.3) is 0 Å². The van der Waals surface area contributed by atoms with Crippen molar-refractivity contribution in [2.75, 3.05) is 0 Å². The first-order valence-corrected chi connectivity index (χ1v) is 2.98. The molecule has 1 aliphatic rings. The Labute approximate surface area is 54.4 Å². The van der Waals surface area contributed by atoms with Gasteiger partial charge in [-0.25, -0.2) is 4.39 Å². The highest BCUT2D eigenvalue weighted by atomic mass is 19.1. The van der Waals surface area contributed by atoms with Gasteiger partial charge in [-0.05, 0) is 13.0 Å². The van der Waals surface area contributed by atoms with Crippen molar-refractivity contribution in [1.29, 1.82) is 0 Å². The summed E-state index contributed by atoms with van der Waals surface area (Å²) in [6.45, 7) is 1.95. The van der Waals surface area contributed by atoms with Gasteiger partial charge in [-0.15, -0.1) is 0 Å². The molecule has 0 atom stereocenters. The third-order valence-corrected chi connectivity index (χ3v) is 1.22. The van der Waals surface area contributed by atoms with Crippen LogP contribution in [0, 0.1) is 0 Å². The first-order valence-electron chi connectivity index (χ1n) is 2.98. The fourth-order valence-corrected chi connectivity index (χ4v) is 0.703. The van der Waals surface area contributed by atoms with Crippen LogP contribution in [0.25, 0.3) is 0 Å². The summed E-state index contributed by atoms with van der Waals surface area (Å²) in [7, 11) is 0. The number of allylic oxidation sites excluding steroid dienone is 6. The van der Waals surface area contributed by atoms with E-state index in [1.165, 1.54) is 6.08 Å². The first-order chi connectivity index (χ1) is 4.29. The van der Waals surface area contributed by atoms with Crippen molar-refractivity contribution in [1.82, 2.24) is 0 Å². The van der Waals surface area contributed by atoms with Gasteiger partial charge < -0.3 is 0 Å². The van der Waals surface area contributed by atoms with Crippen LogP contribution in [0.1, 0.15) is 13.3 Å². The number of hydrogen-bond acceptors (Lipinski definition) is 0. The summed E-state index contributed by atoms with van der Waals surface area (Å²) >= 11 is 0. The third kappa shape index (κ3) is 1.84. The Morgan fingerprint density at radius 3 is 3.00 bits per heavy atom. The number of halogens is 1. The molecule has 0 heterocycles. The van der Waals surface area contributed by atoms with Crippen LogP contribution in [0.4, 0.5) is 4.39 Å². The lowest BCUT2D eigenvalue weighted by atomic mass is 10.3. The Kier molecular flexibility index (Phi) is 1.83. The molecule has 0 aromatic carbocycles. The molecular weight excluding hydrogens is 115 g/mol. The van der Waals surface area contributed by atoms with Crippen LogP contribution < -0.4 is 0 Å². The zero-order valence-electron chi connectivity index (χ0n) is 5.39. The van der Waals surface area contributed by atoms with Crippen LogP contribution in [-0.4, -0.2) is 0 Å². The van der Waals surface area contributed by atoms with Crippen molar-refractivity contribution in [3.8, 4) is 0 Å². The monoisotopic (exact) mass is 124 g/mol. The van der Waals surface area contributed by atoms with Gasteiger partial charge in [0.1, 0.15) is 5.83 Å². The standard InChI is InChI=1S/C8H9F/c1-7-3-2-4-8(9)6-5-7/h2-3,5-6H,4H2,1H3. The molecular formula is C8H9F. The average Bonchev–Trinajstić information content (AvgIpc) is 1.97. The second-order valence-electron chi connectivity index (χ2n) is 2.13. The first kappa shape index (κ1) is 6.27. The fourth-order valence-electron chi connectivity index (χ4n) is 0.703. The number of rotatable bonds is 0. The molecule has 0 radical (unpaired) electrons. The normalized spacial score (nSPS) is 18.4. The van der Waals surface area contributed by atoms with Crippen LogP contribution in [0.2, 0.25) is 0 Å². The lowest BCUT2D eigenvalue weighted by molar-refractivity contribution is 0.618. The predicted octanol–water partition coefficient (Wildman–Crippen LogP) is 2.75. The summed E-state index contributed by atoms with van der Waals surface area (Å²) < 4.78 is 12.4. The lowest BCUT2D eigenvalue weighted by Crippen LogP contribution is -1.63. The van der Waals surface area contributed by atoms with Crippen molar-refractivity contribution in [2.24, 2.45) is 0 Å². The Hall–Kier alpha value is -0.850. The summed E-state index contributed by atoms with van der Waals surface area (Å²) in [5.41, 5.74) is 1.10. The van der Waals surface area contributed by atoms with Gasteiger partial charge in [0.2, 0.25) is 0 Å². The van der Waals surface area contributed by atoms with Gasteiger partial charge in [0.15, 0.2) is 0 Å².